The van der Waals surface area contributed by atoms with Crippen molar-refractivity contribution in [1.82, 2.24) is 0 Å². The van der Waals surface area contributed by atoms with Crippen LogP contribution >= 0.6 is 0 Å². The molecule has 2 aromatic carbocycles. The number of hydrogen-bond donors (Lipinski definition) is 2. The molecule has 0 aliphatic rings. The Labute approximate surface area is 121 Å². The number of nitrogens with zero attached hydrogens (tertiary/aromatic N) is 1. The second-order valence-electron chi connectivity index (χ2n) is 4.34. The number of nitro benzene ring substituents is 1. The van der Waals surface area contributed by atoms with Crippen LogP contribution < -0.4 is 11.1 Å². The van der Waals surface area contributed by atoms with Crippen LogP contribution in [0.2, 0.25) is 0 Å². The molecule has 3 N–H and O–H groups in total. The highest BCUT2D eigenvalue weighted by atomic mass is 19.4. The standard InChI is InChI=1S/C13H9F4N3O2/c14-8-2-4-11(12(6-8)20(21)22)19-10-3-1-7(5-9(10)18)13(15,16)17/h1-6,19H,18H2. The first-order valence-corrected chi connectivity index (χ1v) is 5.86. The third-order valence-corrected chi connectivity index (χ3v) is 2.80. The summed E-state index contributed by atoms with van der Waals surface area (Å²) in [7, 11) is 0. The Kier molecular flexibility index (Phi) is 3.89. The summed E-state index contributed by atoms with van der Waals surface area (Å²) < 4.78 is 50.6. The average molecular weight is 315 g/mol. The van der Waals surface area contributed by atoms with E-state index in [1.807, 2.05) is 0 Å². The third kappa shape index (κ3) is 3.25. The highest BCUT2D eigenvalue weighted by molar-refractivity contribution is 5.77. The summed E-state index contributed by atoms with van der Waals surface area (Å²) in [6, 6.07) is 5.32. The number of halogens is 4. The number of nitrogen functional groups attached to an aromatic ring is 1. The molecule has 2 aromatic rings. The lowest BCUT2D eigenvalue weighted by molar-refractivity contribution is -0.384. The molecule has 0 aromatic heterocycles. The van der Waals surface area contributed by atoms with E-state index in [1.165, 1.54) is 0 Å². The molecule has 116 valence electrons. The lowest BCUT2D eigenvalue weighted by Gasteiger charge is -2.12. The molecule has 2 rings (SSSR count). The molecule has 0 spiro atoms. The molecule has 0 amide bonds. The molecule has 0 unspecified atom stereocenters. The van der Waals surface area contributed by atoms with Crippen molar-refractivity contribution in [1.29, 1.82) is 0 Å². The molecular formula is C13H9F4N3O2. The number of rotatable bonds is 3. The fourth-order valence-corrected chi connectivity index (χ4v) is 1.76. The Balaban J connectivity index is 2.38. The zero-order valence-electron chi connectivity index (χ0n) is 10.8. The van der Waals surface area contributed by atoms with Gasteiger partial charge in [-0.05, 0) is 30.3 Å². The topological polar surface area (TPSA) is 81.2 Å². The van der Waals surface area contributed by atoms with Gasteiger partial charge in [-0.15, -0.1) is 0 Å². The van der Waals surface area contributed by atoms with Crippen molar-refractivity contribution in [3.05, 3.63) is 57.9 Å². The van der Waals surface area contributed by atoms with Gasteiger partial charge in [0.2, 0.25) is 0 Å². The first-order valence-electron chi connectivity index (χ1n) is 5.86. The first-order chi connectivity index (χ1) is 10.2. The van der Waals surface area contributed by atoms with E-state index >= 15 is 0 Å². The van der Waals surface area contributed by atoms with Crippen molar-refractivity contribution >= 4 is 22.7 Å². The van der Waals surface area contributed by atoms with Gasteiger partial charge in [0.05, 0.1) is 27.9 Å². The van der Waals surface area contributed by atoms with E-state index < -0.39 is 28.2 Å². The molecule has 0 aliphatic heterocycles. The Hall–Kier alpha value is -2.84. The Morgan fingerprint density at radius 3 is 2.27 bits per heavy atom. The maximum absolute atomic E-state index is 13.0. The van der Waals surface area contributed by atoms with Crippen LogP contribution in [0.15, 0.2) is 36.4 Å². The van der Waals surface area contributed by atoms with Crippen LogP contribution in [0.25, 0.3) is 0 Å². The van der Waals surface area contributed by atoms with E-state index in [4.69, 9.17) is 5.73 Å². The Morgan fingerprint density at radius 2 is 1.73 bits per heavy atom. The average Bonchev–Trinajstić information content (AvgIpc) is 2.41. The largest absolute Gasteiger partial charge is 0.416 e. The molecule has 9 heteroatoms. The molecule has 5 nitrogen and oxygen atoms in total. The number of nitrogens with one attached hydrogen (secondary N) is 1. The SMILES string of the molecule is Nc1cc(C(F)(F)F)ccc1Nc1ccc(F)cc1[N+](=O)[O-]. The van der Waals surface area contributed by atoms with Gasteiger partial charge in [-0.25, -0.2) is 4.39 Å². The van der Waals surface area contributed by atoms with Gasteiger partial charge in [-0.2, -0.15) is 13.2 Å². The fourth-order valence-electron chi connectivity index (χ4n) is 1.76. The number of nitro groups is 1. The van der Waals surface area contributed by atoms with Crippen molar-refractivity contribution in [2.75, 3.05) is 11.1 Å². The monoisotopic (exact) mass is 315 g/mol. The van der Waals surface area contributed by atoms with E-state index in [2.05, 4.69) is 5.32 Å². The van der Waals surface area contributed by atoms with Gasteiger partial charge in [0.25, 0.3) is 5.69 Å². The van der Waals surface area contributed by atoms with Gasteiger partial charge >= 0.3 is 6.18 Å². The highest BCUT2D eigenvalue weighted by Gasteiger charge is 2.30. The molecular weight excluding hydrogens is 306 g/mol. The minimum Gasteiger partial charge on any atom is -0.397 e. The maximum atomic E-state index is 13.0. The van der Waals surface area contributed by atoms with Gasteiger partial charge in [-0.1, -0.05) is 0 Å². The molecule has 22 heavy (non-hydrogen) atoms. The van der Waals surface area contributed by atoms with Crippen LogP contribution in [0.5, 0.6) is 0 Å². The number of alkyl halides is 3. The summed E-state index contributed by atoms with van der Waals surface area (Å²) in [4.78, 5) is 10.0. The number of anilines is 3. The normalized spacial score (nSPS) is 11.3. The summed E-state index contributed by atoms with van der Waals surface area (Å²) >= 11 is 0. The lowest BCUT2D eigenvalue weighted by Crippen LogP contribution is -2.07. The molecule has 0 atom stereocenters. The second kappa shape index (κ2) is 5.51. The van der Waals surface area contributed by atoms with Gasteiger partial charge in [0, 0.05) is 0 Å². The third-order valence-electron chi connectivity index (χ3n) is 2.80. The molecule has 0 bridgehead atoms. The molecule has 0 radical (unpaired) electrons. The van der Waals surface area contributed by atoms with E-state index in [1.54, 1.807) is 0 Å². The Bertz CT molecular complexity index is 732. The fraction of sp³-hybridized carbons (Fsp3) is 0.0769. The van der Waals surface area contributed by atoms with Gasteiger partial charge in [-0.3, -0.25) is 10.1 Å². The van der Waals surface area contributed by atoms with Gasteiger partial charge in [0.15, 0.2) is 0 Å². The van der Waals surface area contributed by atoms with Crippen LogP contribution in [-0.2, 0) is 6.18 Å². The molecule has 0 saturated heterocycles. The minimum absolute atomic E-state index is 0.0442. The van der Waals surface area contributed by atoms with Crippen molar-refractivity contribution in [2.45, 2.75) is 6.18 Å². The van der Waals surface area contributed by atoms with Crippen molar-refractivity contribution in [3.63, 3.8) is 0 Å². The molecule has 0 aliphatic carbocycles. The zero-order valence-corrected chi connectivity index (χ0v) is 10.8. The van der Waals surface area contributed by atoms with Gasteiger partial charge < -0.3 is 11.1 Å². The predicted molar refractivity (Wildman–Crippen MR) is 72.2 cm³/mol. The molecule has 0 saturated carbocycles. The summed E-state index contributed by atoms with van der Waals surface area (Å²) in [6.07, 6.45) is -4.55. The van der Waals surface area contributed by atoms with E-state index in [0.29, 0.717) is 12.1 Å². The van der Waals surface area contributed by atoms with Crippen LogP contribution in [-0.4, -0.2) is 4.92 Å². The highest BCUT2D eigenvalue weighted by Crippen LogP contribution is 2.35. The first kappa shape index (κ1) is 15.5. The summed E-state index contributed by atoms with van der Waals surface area (Å²) in [5.74, 6) is -0.808. The minimum atomic E-state index is -4.55. The quantitative estimate of drug-likeness (QED) is 0.387. The molecule has 0 fully saturated rings. The number of hydrogen-bond acceptors (Lipinski definition) is 4. The zero-order chi connectivity index (χ0) is 16.5. The van der Waals surface area contributed by atoms with E-state index in [9.17, 15) is 27.7 Å². The van der Waals surface area contributed by atoms with Gasteiger partial charge in [0.1, 0.15) is 11.5 Å². The smallest absolute Gasteiger partial charge is 0.397 e. The van der Waals surface area contributed by atoms with E-state index in [0.717, 1.165) is 24.3 Å². The summed E-state index contributed by atoms with van der Waals surface area (Å²) in [6.45, 7) is 0. The second-order valence-corrected chi connectivity index (χ2v) is 4.34. The lowest BCUT2D eigenvalue weighted by atomic mass is 10.1. The summed E-state index contributed by atoms with van der Waals surface area (Å²) in [5, 5.41) is 13.4. The molecule has 0 heterocycles. The van der Waals surface area contributed by atoms with Crippen LogP contribution in [0.1, 0.15) is 5.56 Å². The van der Waals surface area contributed by atoms with Crippen molar-refractivity contribution in [3.8, 4) is 0 Å². The maximum Gasteiger partial charge on any atom is 0.416 e. The van der Waals surface area contributed by atoms with Crippen LogP contribution in [0.3, 0.4) is 0 Å². The van der Waals surface area contributed by atoms with Crippen molar-refractivity contribution in [2.24, 2.45) is 0 Å². The van der Waals surface area contributed by atoms with Crippen LogP contribution in [0.4, 0.5) is 40.3 Å². The van der Waals surface area contributed by atoms with E-state index in [-0.39, 0.29) is 17.1 Å². The van der Waals surface area contributed by atoms with Crippen LogP contribution in [0, 0.1) is 15.9 Å². The number of benzene rings is 2. The Morgan fingerprint density at radius 1 is 1.09 bits per heavy atom. The number of nitrogens with two attached hydrogens (primary N) is 1. The predicted octanol–water partition coefficient (Wildman–Crippen LogP) is 4.08. The van der Waals surface area contributed by atoms with Crippen molar-refractivity contribution < 1.29 is 22.5 Å². The summed E-state index contributed by atoms with van der Waals surface area (Å²) in [5.41, 5.74) is 3.74.